The van der Waals surface area contributed by atoms with Crippen molar-refractivity contribution in [3.05, 3.63) is 59.2 Å². The summed E-state index contributed by atoms with van der Waals surface area (Å²) >= 11 is 0. The van der Waals surface area contributed by atoms with Crippen LogP contribution in [0, 0.1) is 0 Å². The maximum atomic E-state index is 12.1. The summed E-state index contributed by atoms with van der Waals surface area (Å²) in [6.45, 7) is -0.175. The molecule has 0 radical (unpaired) electrons. The van der Waals surface area contributed by atoms with Crippen LogP contribution in [-0.4, -0.2) is 30.6 Å². The monoisotopic (exact) mass is 297 g/mol. The van der Waals surface area contributed by atoms with Gasteiger partial charge in [-0.1, -0.05) is 30.3 Å². The smallest absolute Gasteiger partial charge is 0.325 e. The Balaban J connectivity index is 1.90. The van der Waals surface area contributed by atoms with Crippen LogP contribution in [0.2, 0.25) is 0 Å². The number of carbonyl (C=O) groups is 2. The van der Waals surface area contributed by atoms with Crippen LogP contribution in [0.25, 0.3) is 11.1 Å². The quantitative estimate of drug-likeness (QED) is 0.845. The molecule has 0 fully saturated rings. The number of methoxy groups -OCH3 is 1. The zero-order chi connectivity index (χ0) is 15.7. The van der Waals surface area contributed by atoms with E-state index in [1.54, 1.807) is 18.2 Å². The predicted molar refractivity (Wildman–Crippen MR) is 80.3 cm³/mol. The molecule has 22 heavy (non-hydrogen) atoms. The van der Waals surface area contributed by atoms with Gasteiger partial charge in [0.2, 0.25) is 0 Å². The van der Waals surface area contributed by atoms with Gasteiger partial charge in [-0.3, -0.25) is 9.59 Å². The van der Waals surface area contributed by atoms with E-state index < -0.39 is 12.1 Å². The molecule has 2 N–H and O–H groups in total. The van der Waals surface area contributed by atoms with Crippen molar-refractivity contribution in [2.24, 2.45) is 0 Å². The van der Waals surface area contributed by atoms with Gasteiger partial charge in [-0.15, -0.1) is 0 Å². The number of esters is 1. The fraction of sp³-hybridized carbons (Fsp3) is 0.176. The van der Waals surface area contributed by atoms with Gasteiger partial charge in [0.05, 0.1) is 7.11 Å². The summed E-state index contributed by atoms with van der Waals surface area (Å²) in [6.07, 6.45) is -0.668. The van der Waals surface area contributed by atoms with Crippen molar-refractivity contribution in [3.8, 4) is 11.1 Å². The number of aliphatic hydroxyl groups is 1. The Labute approximate surface area is 127 Å². The average molecular weight is 297 g/mol. The molecular formula is C17H15NO4. The van der Waals surface area contributed by atoms with Gasteiger partial charge in [-0.2, -0.15) is 0 Å². The van der Waals surface area contributed by atoms with Gasteiger partial charge in [0, 0.05) is 5.56 Å². The Morgan fingerprint density at radius 1 is 1.14 bits per heavy atom. The van der Waals surface area contributed by atoms with E-state index in [4.69, 9.17) is 0 Å². The molecule has 0 saturated heterocycles. The molecule has 0 aliphatic heterocycles. The van der Waals surface area contributed by atoms with E-state index in [0.29, 0.717) is 5.56 Å². The van der Waals surface area contributed by atoms with Crippen LogP contribution in [0.15, 0.2) is 42.5 Å². The van der Waals surface area contributed by atoms with Gasteiger partial charge < -0.3 is 15.2 Å². The normalized spacial score (nSPS) is 14.9. The second-order valence-corrected chi connectivity index (χ2v) is 5.05. The first-order valence-electron chi connectivity index (χ1n) is 6.88. The summed E-state index contributed by atoms with van der Waals surface area (Å²) in [4.78, 5) is 23.1. The first kappa shape index (κ1) is 14.3. The topological polar surface area (TPSA) is 75.6 Å². The highest BCUT2D eigenvalue weighted by molar-refractivity contribution is 5.98. The third kappa shape index (κ3) is 2.35. The summed E-state index contributed by atoms with van der Waals surface area (Å²) in [6, 6.07) is 12.7. The molecule has 3 rings (SSSR count). The lowest BCUT2D eigenvalue weighted by atomic mass is 10.0. The van der Waals surface area contributed by atoms with Crippen molar-refractivity contribution in [2.75, 3.05) is 13.7 Å². The molecule has 2 aromatic rings. The van der Waals surface area contributed by atoms with Crippen LogP contribution in [0.5, 0.6) is 0 Å². The fourth-order valence-corrected chi connectivity index (χ4v) is 2.64. The van der Waals surface area contributed by atoms with Gasteiger partial charge in [0.25, 0.3) is 5.91 Å². The second kappa shape index (κ2) is 5.61. The average Bonchev–Trinajstić information content (AvgIpc) is 2.85. The number of ether oxygens (including phenoxy) is 1. The predicted octanol–water partition coefficient (Wildman–Crippen LogP) is 1.65. The van der Waals surface area contributed by atoms with Crippen molar-refractivity contribution >= 4 is 11.9 Å². The molecule has 0 bridgehead atoms. The number of benzene rings is 2. The SMILES string of the molecule is COC(=O)CNC(=O)c1ccc2c(c1)-c1ccccc1C2O. The molecule has 0 spiro atoms. The van der Waals surface area contributed by atoms with Crippen LogP contribution in [0.1, 0.15) is 27.6 Å². The maximum absolute atomic E-state index is 12.1. The molecule has 1 amide bonds. The molecule has 2 aromatic carbocycles. The second-order valence-electron chi connectivity index (χ2n) is 5.05. The first-order valence-corrected chi connectivity index (χ1v) is 6.88. The van der Waals surface area contributed by atoms with Crippen molar-refractivity contribution in [2.45, 2.75) is 6.10 Å². The minimum Gasteiger partial charge on any atom is -0.468 e. The van der Waals surface area contributed by atoms with Gasteiger partial charge in [-0.05, 0) is 34.4 Å². The lowest BCUT2D eigenvalue weighted by molar-refractivity contribution is -0.139. The molecule has 112 valence electrons. The summed E-state index contributed by atoms with van der Waals surface area (Å²) < 4.78 is 4.48. The van der Waals surface area contributed by atoms with E-state index in [0.717, 1.165) is 22.3 Å². The number of rotatable bonds is 3. The Hall–Kier alpha value is -2.66. The van der Waals surface area contributed by atoms with Gasteiger partial charge >= 0.3 is 5.97 Å². The molecule has 0 heterocycles. The summed E-state index contributed by atoms with van der Waals surface area (Å²) in [7, 11) is 1.27. The van der Waals surface area contributed by atoms with Crippen LogP contribution in [0.3, 0.4) is 0 Å². The van der Waals surface area contributed by atoms with E-state index in [1.165, 1.54) is 7.11 Å². The number of carbonyl (C=O) groups excluding carboxylic acids is 2. The van der Waals surface area contributed by atoms with Crippen molar-refractivity contribution in [1.29, 1.82) is 0 Å². The summed E-state index contributed by atoms with van der Waals surface area (Å²) in [5.41, 5.74) is 3.82. The lowest BCUT2D eigenvalue weighted by Crippen LogP contribution is -2.30. The molecule has 5 heteroatoms. The number of hydrogen-bond donors (Lipinski definition) is 2. The Bertz CT molecular complexity index is 754. The number of hydrogen-bond acceptors (Lipinski definition) is 4. The summed E-state index contributed by atoms with van der Waals surface area (Å²) in [5.74, 6) is -0.859. The van der Waals surface area contributed by atoms with Gasteiger partial charge in [-0.25, -0.2) is 0 Å². The Kier molecular flexibility index (Phi) is 3.65. The molecule has 1 atom stereocenters. The van der Waals surface area contributed by atoms with Crippen LogP contribution < -0.4 is 5.32 Å². The number of amides is 1. The fourth-order valence-electron chi connectivity index (χ4n) is 2.64. The van der Waals surface area contributed by atoms with Crippen molar-refractivity contribution in [3.63, 3.8) is 0 Å². The van der Waals surface area contributed by atoms with E-state index in [-0.39, 0.29) is 12.5 Å². The van der Waals surface area contributed by atoms with Crippen LogP contribution in [0.4, 0.5) is 0 Å². The molecular weight excluding hydrogens is 282 g/mol. The highest BCUT2D eigenvalue weighted by atomic mass is 16.5. The molecule has 0 saturated carbocycles. The number of nitrogens with one attached hydrogen (secondary N) is 1. The molecule has 1 aliphatic rings. The Morgan fingerprint density at radius 2 is 1.86 bits per heavy atom. The highest BCUT2D eigenvalue weighted by Crippen LogP contribution is 2.43. The van der Waals surface area contributed by atoms with Crippen molar-refractivity contribution < 1.29 is 19.4 Å². The van der Waals surface area contributed by atoms with Crippen molar-refractivity contribution in [1.82, 2.24) is 5.32 Å². The largest absolute Gasteiger partial charge is 0.468 e. The maximum Gasteiger partial charge on any atom is 0.325 e. The molecule has 0 aromatic heterocycles. The van der Waals surface area contributed by atoms with E-state index in [2.05, 4.69) is 10.1 Å². The van der Waals surface area contributed by atoms with E-state index >= 15 is 0 Å². The third-order valence-electron chi connectivity index (χ3n) is 3.78. The number of fused-ring (bicyclic) bond motifs is 3. The molecule has 1 aliphatic carbocycles. The first-order chi connectivity index (χ1) is 10.6. The molecule has 1 unspecified atom stereocenters. The lowest BCUT2D eigenvalue weighted by Gasteiger charge is -2.07. The Morgan fingerprint density at radius 3 is 2.64 bits per heavy atom. The highest BCUT2D eigenvalue weighted by Gasteiger charge is 2.27. The summed E-state index contributed by atoms with van der Waals surface area (Å²) in [5, 5.41) is 12.8. The number of aliphatic hydroxyl groups excluding tert-OH is 1. The minimum absolute atomic E-state index is 0.175. The van der Waals surface area contributed by atoms with Gasteiger partial charge in [0.1, 0.15) is 12.6 Å². The zero-order valence-electron chi connectivity index (χ0n) is 12.0. The third-order valence-corrected chi connectivity index (χ3v) is 3.78. The standard InChI is InChI=1S/C17H15NO4/c1-22-15(19)9-18-17(21)10-6-7-13-14(8-10)11-4-2-3-5-12(11)16(13)20/h2-8,16,20H,9H2,1H3,(H,18,21). The van der Waals surface area contributed by atoms with E-state index in [9.17, 15) is 14.7 Å². The van der Waals surface area contributed by atoms with Crippen LogP contribution >= 0.6 is 0 Å². The van der Waals surface area contributed by atoms with Crippen LogP contribution in [-0.2, 0) is 9.53 Å². The van der Waals surface area contributed by atoms with Gasteiger partial charge in [0.15, 0.2) is 0 Å². The zero-order valence-corrected chi connectivity index (χ0v) is 12.0. The van der Waals surface area contributed by atoms with E-state index in [1.807, 2.05) is 24.3 Å². The minimum atomic E-state index is -0.668. The molecule has 5 nitrogen and oxygen atoms in total.